The molecule has 0 rings (SSSR count). The zero-order valence-corrected chi connectivity index (χ0v) is 51.1. The summed E-state index contributed by atoms with van der Waals surface area (Å²) < 4.78 is 5.38. The number of amides is 1. The van der Waals surface area contributed by atoms with E-state index in [9.17, 15) is 24.9 Å². The van der Waals surface area contributed by atoms with Crippen molar-refractivity contribution in [3.8, 4) is 0 Å². The van der Waals surface area contributed by atoms with Crippen molar-refractivity contribution >= 4 is 11.9 Å². The number of aliphatic hydroxyl groups excluding tert-OH is 3. The van der Waals surface area contributed by atoms with Gasteiger partial charge in [0, 0.05) is 12.5 Å². The highest BCUT2D eigenvalue weighted by molar-refractivity contribution is 5.82. The summed E-state index contributed by atoms with van der Waals surface area (Å²) in [5, 5.41) is 33.8. The Labute approximate surface area is 474 Å². The van der Waals surface area contributed by atoms with Crippen LogP contribution in [0.25, 0.3) is 0 Å². The largest absolute Gasteiger partial charge is 0.463 e. The normalized spacial score (nSPS) is 13.1. The van der Waals surface area contributed by atoms with Crippen LogP contribution in [0.15, 0.2) is 24.3 Å². The van der Waals surface area contributed by atoms with Crippen molar-refractivity contribution < 1.29 is 29.6 Å². The summed E-state index contributed by atoms with van der Waals surface area (Å²) in [4.78, 5) is 24.5. The molecular formula is C69H133NO6. The van der Waals surface area contributed by atoms with Gasteiger partial charge >= 0.3 is 5.97 Å². The first-order valence-corrected chi connectivity index (χ1v) is 34.2. The lowest BCUT2D eigenvalue weighted by atomic mass is 9.99. The van der Waals surface area contributed by atoms with Gasteiger partial charge in [-0.2, -0.15) is 0 Å². The molecule has 0 heterocycles. The van der Waals surface area contributed by atoms with Crippen LogP contribution in [0.3, 0.4) is 0 Å². The highest BCUT2D eigenvalue weighted by atomic mass is 16.5. The minimum Gasteiger partial charge on any atom is -0.463 e. The topological polar surface area (TPSA) is 116 Å². The predicted octanol–water partition coefficient (Wildman–Crippen LogP) is 20.7. The molecule has 0 radical (unpaired) electrons. The van der Waals surface area contributed by atoms with Crippen molar-refractivity contribution in [2.45, 2.75) is 392 Å². The lowest BCUT2D eigenvalue weighted by molar-refractivity contribution is -0.137. The molecule has 0 bridgehead atoms. The molecule has 0 aromatic rings. The summed E-state index contributed by atoms with van der Waals surface area (Å²) in [5.74, 6) is -0.355. The predicted molar refractivity (Wildman–Crippen MR) is 330 cm³/mol. The summed E-state index contributed by atoms with van der Waals surface area (Å²) >= 11 is 0. The molecule has 0 saturated carbocycles. The van der Waals surface area contributed by atoms with E-state index in [-0.39, 0.29) is 18.5 Å². The van der Waals surface area contributed by atoms with Crippen LogP contribution in [0.1, 0.15) is 373 Å². The molecule has 0 aromatic carbocycles. The van der Waals surface area contributed by atoms with E-state index in [1.807, 2.05) is 12.2 Å². The quantitative estimate of drug-likeness (QED) is 0.0209. The molecule has 7 nitrogen and oxygen atoms in total. The van der Waals surface area contributed by atoms with Crippen LogP contribution in [0.2, 0.25) is 0 Å². The molecule has 450 valence electrons. The first kappa shape index (κ1) is 74.3. The van der Waals surface area contributed by atoms with Crippen molar-refractivity contribution in [3.05, 3.63) is 24.3 Å². The third-order valence-corrected chi connectivity index (χ3v) is 16.2. The highest BCUT2D eigenvalue weighted by Gasteiger charge is 2.27. The Hall–Kier alpha value is -1.70. The third kappa shape index (κ3) is 58.4. The van der Waals surface area contributed by atoms with Gasteiger partial charge in [0.15, 0.2) is 0 Å². The maximum atomic E-state index is 12.5. The summed E-state index contributed by atoms with van der Waals surface area (Å²) in [6, 6.07) is -0.812. The van der Waals surface area contributed by atoms with Crippen molar-refractivity contribution in [1.82, 2.24) is 5.32 Å². The minimum atomic E-state index is -1.14. The summed E-state index contributed by atoms with van der Waals surface area (Å²) in [5.41, 5.74) is 0. The van der Waals surface area contributed by atoms with Gasteiger partial charge < -0.3 is 25.4 Å². The van der Waals surface area contributed by atoms with Gasteiger partial charge in [0.2, 0.25) is 5.91 Å². The Bertz CT molecular complexity index is 1210. The fourth-order valence-corrected chi connectivity index (χ4v) is 10.9. The van der Waals surface area contributed by atoms with Crippen molar-refractivity contribution in [2.24, 2.45) is 0 Å². The molecule has 0 aliphatic rings. The van der Waals surface area contributed by atoms with Crippen LogP contribution in [0.4, 0.5) is 0 Å². The van der Waals surface area contributed by atoms with Crippen LogP contribution in [-0.2, 0) is 14.3 Å². The Morgan fingerprint density at radius 2 is 0.697 bits per heavy atom. The standard InChI is InChI=1S/C69H133NO6/c1-3-5-7-9-11-13-15-17-33-38-42-46-50-54-58-62-68(74)76-63-59-55-51-47-43-39-35-32-30-28-26-24-22-20-19-21-23-25-27-29-31-34-37-41-45-49-53-57-61-67(73)70-65(64-71)69(75)66(72)60-56-52-48-44-40-36-18-16-14-12-10-8-6-4-2/h50,54,58,62,65-66,69,71-72,75H,3-49,51-53,55-57,59-61,63-64H2,1-2H3,(H,70,73)/t65-,66?,69+/m1/s1. The smallest absolute Gasteiger partial charge is 0.330 e. The molecular weight excluding hydrogens is 939 g/mol. The number of aliphatic hydroxyl groups is 3. The van der Waals surface area contributed by atoms with Crippen LogP contribution < -0.4 is 5.32 Å². The first-order chi connectivity index (χ1) is 37.5. The highest BCUT2D eigenvalue weighted by Crippen LogP contribution is 2.19. The number of hydrogen-bond donors (Lipinski definition) is 4. The van der Waals surface area contributed by atoms with Crippen molar-refractivity contribution in [2.75, 3.05) is 13.2 Å². The van der Waals surface area contributed by atoms with E-state index >= 15 is 0 Å². The van der Waals surface area contributed by atoms with Gasteiger partial charge in [0.25, 0.3) is 0 Å². The number of carbonyl (C=O) groups is 2. The molecule has 0 aliphatic heterocycles. The van der Waals surface area contributed by atoms with E-state index in [0.717, 1.165) is 57.8 Å². The van der Waals surface area contributed by atoms with Gasteiger partial charge in [-0.25, -0.2) is 4.79 Å². The number of hydrogen-bond acceptors (Lipinski definition) is 6. The third-order valence-electron chi connectivity index (χ3n) is 16.2. The number of unbranched alkanes of at least 4 members (excludes halogenated alkanes) is 51. The summed E-state index contributed by atoms with van der Waals surface area (Å²) in [6.45, 7) is 4.73. The van der Waals surface area contributed by atoms with Gasteiger partial charge in [-0.1, -0.05) is 353 Å². The number of esters is 1. The lowest BCUT2D eigenvalue weighted by Gasteiger charge is -2.26. The monoisotopic (exact) mass is 1070 g/mol. The van der Waals surface area contributed by atoms with Gasteiger partial charge in [-0.15, -0.1) is 0 Å². The molecule has 0 spiro atoms. The Morgan fingerprint density at radius 1 is 0.395 bits per heavy atom. The Kier molecular flexibility index (Phi) is 62.7. The second-order valence-corrected chi connectivity index (χ2v) is 23.7. The van der Waals surface area contributed by atoms with Crippen molar-refractivity contribution in [1.29, 1.82) is 0 Å². The van der Waals surface area contributed by atoms with E-state index in [1.165, 1.54) is 289 Å². The molecule has 1 amide bonds. The number of rotatable bonds is 64. The Morgan fingerprint density at radius 3 is 1.04 bits per heavy atom. The maximum Gasteiger partial charge on any atom is 0.330 e. The molecule has 3 atom stereocenters. The zero-order valence-electron chi connectivity index (χ0n) is 51.1. The second kappa shape index (κ2) is 64.1. The molecule has 7 heteroatoms. The molecule has 4 N–H and O–H groups in total. The van der Waals surface area contributed by atoms with E-state index < -0.39 is 18.2 Å². The van der Waals surface area contributed by atoms with Crippen LogP contribution in [0.5, 0.6) is 0 Å². The van der Waals surface area contributed by atoms with E-state index in [4.69, 9.17) is 4.74 Å². The molecule has 0 saturated heterocycles. The average molecular weight is 1070 g/mol. The SMILES string of the molecule is CCCCCCCCCCCCCC=CC=CC(=O)OCCCCCCCCCCCCCCCCCCCCCCCCCCCCCCC(=O)N[C@H](CO)[C@H](O)C(O)CCCCCCCCCCCCCCCC. The number of nitrogens with one attached hydrogen (secondary N) is 1. The zero-order chi connectivity index (χ0) is 55.1. The van der Waals surface area contributed by atoms with Gasteiger partial charge in [0.05, 0.1) is 25.4 Å². The average Bonchev–Trinajstić information content (AvgIpc) is 3.42. The van der Waals surface area contributed by atoms with Gasteiger partial charge in [0.1, 0.15) is 6.10 Å². The van der Waals surface area contributed by atoms with E-state index in [2.05, 4.69) is 25.2 Å². The minimum absolute atomic E-state index is 0.143. The molecule has 1 unspecified atom stereocenters. The van der Waals surface area contributed by atoms with Gasteiger partial charge in [-0.3, -0.25) is 4.79 Å². The molecule has 76 heavy (non-hydrogen) atoms. The summed E-state index contributed by atoms with van der Waals surface area (Å²) in [7, 11) is 0. The van der Waals surface area contributed by atoms with Crippen LogP contribution in [0, 0.1) is 0 Å². The van der Waals surface area contributed by atoms with Gasteiger partial charge in [-0.05, 0) is 32.1 Å². The lowest BCUT2D eigenvalue weighted by Crippen LogP contribution is -2.50. The van der Waals surface area contributed by atoms with E-state index in [0.29, 0.717) is 19.4 Å². The number of carbonyl (C=O) groups excluding carboxylic acids is 2. The van der Waals surface area contributed by atoms with Crippen molar-refractivity contribution in [3.63, 3.8) is 0 Å². The maximum absolute atomic E-state index is 12.5. The Balaban J connectivity index is 3.41. The molecule has 0 aliphatic carbocycles. The molecule has 0 aromatic heterocycles. The molecule has 0 fully saturated rings. The fraction of sp³-hybridized carbons (Fsp3) is 0.913. The fourth-order valence-electron chi connectivity index (χ4n) is 10.9. The van der Waals surface area contributed by atoms with Crippen LogP contribution in [-0.4, -0.2) is 58.7 Å². The number of allylic oxidation sites excluding steroid dienone is 3. The van der Waals surface area contributed by atoms with E-state index in [1.54, 1.807) is 6.08 Å². The number of ether oxygens (including phenoxy) is 1. The van der Waals surface area contributed by atoms with Crippen LogP contribution >= 0.6 is 0 Å². The second-order valence-electron chi connectivity index (χ2n) is 23.7. The first-order valence-electron chi connectivity index (χ1n) is 34.2. The summed E-state index contributed by atoms with van der Waals surface area (Å²) in [6.07, 6.45) is 77.2.